The molecule has 1 fully saturated rings. The number of aromatic nitrogens is 4. The van der Waals surface area contributed by atoms with Crippen LogP contribution in [0.3, 0.4) is 0 Å². The lowest BCUT2D eigenvalue weighted by molar-refractivity contribution is 0.100. The molecule has 5 rings (SSSR count). The van der Waals surface area contributed by atoms with E-state index in [0.717, 1.165) is 46.9 Å². The van der Waals surface area contributed by atoms with E-state index in [-0.39, 0.29) is 0 Å². The van der Waals surface area contributed by atoms with Gasteiger partial charge in [0.25, 0.3) is 5.91 Å². The maximum Gasteiger partial charge on any atom is 0.253 e. The second-order valence-corrected chi connectivity index (χ2v) is 10.3. The Balaban J connectivity index is 1.60. The highest BCUT2D eigenvalue weighted by atomic mass is 16.1. The van der Waals surface area contributed by atoms with E-state index < -0.39 is 5.91 Å². The number of imidazole rings is 2. The maximum atomic E-state index is 12.5. The molecule has 35 heavy (non-hydrogen) atoms. The zero-order valence-electron chi connectivity index (χ0n) is 21.1. The molecule has 2 aromatic heterocycles. The summed E-state index contributed by atoms with van der Waals surface area (Å²) in [6.45, 7) is 3.96. The molecule has 0 spiro atoms. The summed E-state index contributed by atoms with van der Waals surface area (Å²) >= 11 is 0. The first kappa shape index (κ1) is 23.4. The Morgan fingerprint density at radius 3 is 2.74 bits per heavy atom. The van der Waals surface area contributed by atoms with Crippen LogP contribution in [0.5, 0.6) is 0 Å². The SMILES string of the molecule is C[C@H]1CCC[C@H](n2cnc3cc(-c4cc(N(C)CCN(C)C)c(C(N)=O)c5[nH]cnc45)ccc32)C1. The number of aromatic amines is 1. The van der Waals surface area contributed by atoms with Gasteiger partial charge in [-0.05, 0) is 56.6 Å². The predicted molar refractivity (Wildman–Crippen MR) is 142 cm³/mol. The van der Waals surface area contributed by atoms with Gasteiger partial charge in [0.15, 0.2) is 0 Å². The smallest absolute Gasteiger partial charge is 0.253 e. The number of fused-ring (bicyclic) bond motifs is 2. The number of carbonyl (C=O) groups is 1. The fourth-order valence-electron chi connectivity index (χ4n) is 5.48. The van der Waals surface area contributed by atoms with Crippen LogP contribution in [-0.2, 0) is 0 Å². The number of H-pyrrole nitrogens is 1. The van der Waals surface area contributed by atoms with Gasteiger partial charge in [-0.1, -0.05) is 25.8 Å². The van der Waals surface area contributed by atoms with Gasteiger partial charge in [-0.15, -0.1) is 0 Å². The number of anilines is 1. The molecule has 184 valence electrons. The number of hydrogen-bond acceptors (Lipinski definition) is 5. The van der Waals surface area contributed by atoms with Crippen LogP contribution >= 0.6 is 0 Å². The van der Waals surface area contributed by atoms with Crippen molar-refractivity contribution < 1.29 is 4.79 Å². The van der Waals surface area contributed by atoms with E-state index in [9.17, 15) is 4.79 Å². The van der Waals surface area contributed by atoms with Crippen LogP contribution in [0.15, 0.2) is 36.9 Å². The van der Waals surface area contributed by atoms with E-state index >= 15 is 0 Å². The van der Waals surface area contributed by atoms with Gasteiger partial charge in [0.2, 0.25) is 0 Å². The number of hydrogen-bond donors (Lipinski definition) is 2. The number of nitrogens with zero attached hydrogens (tertiary/aromatic N) is 5. The third kappa shape index (κ3) is 4.38. The number of likely N-dealkylation sites (N-methyl/N-ethyl adjacent to an activating group) is 2. The molecule has 0 aliphatic heterocycles. The van der Waals surface area contributed by atoms with Crippen molar-refractivity contribution in [3.63, 3.8) is 0 Å². The minimum atomic E-state index is -0.464. The average molecular weight is 474 g/mol. The topological polar surface area (TPSA) is 96.1 Å². The van der Waals surface area contributed by atoms with Crippen LogP contribution in [0.25, 0.3) is 33.2 Å². The fourth-order valence-corrected chi connectivity index (χ4v) is 5.48. The van der Waals surface area contributed by atoms with Crippen LogP contribution < -0.4 is 10.6 Å². The third-order valence-corrected chi connectivity index (χ3v) is 7.41. The van der Waals surface area contributed by atoms with Crippen molar-refractivity contribution in [2.45, 2.75) is 38.6 Å². The number of carbonyl (C=O) groups excluding carboxylic acids is 1. The van der Waals surface area contributed by atoms with Gasteiger partial charge in [0.05, 0.1) is 46.0 Å². The zero-order chi connectivity index (χ0) is 24.7. The van der Waals surface area contributed by atoms with Gasteiger partial charge in [-0.3, -0.25) is 4.79 Å². The number of amides is 1. The number of rotatable bonds is 7. The van der Waals surface area contributed by atoms with E-state index in [1.807, 2.05) is 33.5 Å². The van der Waals surface area contributed by atoms with Gasteiger partial charge < -0.3 is 25.1 Å². The molecule has 4 aromatic rings. The van der Waals surface area contributed by atoms with Crippen LogP contribution in [-0.4, -0.2) is 64.6 Å². The van der Waals surface area contributed by atoms with E-state index in [1.54, 1.807) is 6.33 Å². The number of nitrogens with one attached hydrogen (secondary N) is 1. The summed E-state index contributed by atoms with van der Waals surface area (Å²) in [6.07, 6.45) is 8.64. The molecule has 8 nitrogen and oxygen atoms in total. The van der Waals surface area contributed by atoms with Crippen LogP contribution in [0.2, 0.25) is 0 Å². The van der Waals surface area contributed by atoms with Gasteiger partial charge in [-0.25, -0.2) is 9.97 Å². The van der Waals surface area contributed by atoms with Crippen molar-refractivity contribution in [3.8, 4) is 11.1 Å². The highest BCUT2D eigenvalue weighted by Gasteiger charge is 2.24. The highest BCUT2D eigenvalue weighted by molar-refractivity contribution is 6.13. The van der Waals surface area contributed by atoms with Crippen molar-refractivity contribution >= 4 is 33.7 Å². The Labute approximate surface area is 206 Å². The van der Waals surface area contributed by atoms with Crippen molar-refractivity contribution in [2.24, 2.45) is 11.7 Å². The summed E-state index contributed by atoms with van der Waals surface area (Å²) in [7, 11) is 6.07. The first-order valence-electron chi connectivity index (χ1n) is 12.5. The molecule has 1 aliphatic rings. The number of benzene rings is 2. The molecule has 3 N–H and O–H groups in total. The summed E-state index contributed by atoms with van der Waals surface area (Å²) in [5, 5.41) is 0. The van der Waals surface area contributed by atoms with Crippen LogP contribution in [0, 0.1) is 5.92 Å². The quantitative estimate of drug-likeness (QED) is 0.414. The molecule has 2 atom stereocenters. The molecule has 0 bridgehead atoms. The standard InChI is InChI=1S/C27H35N7O/c1-17-6-5-7-19(12-17)34-16-31-21-13-18(8-9-22(21)34)20-14-23(33(4)11-10-32(2)3)24(27(28)35)26-25(20)29-15-30-26/h8-9,13-17,19H,5-7,10-12H2,1-4H3,(H2,28,35)(H,29,30)/t17-,19-/m0/s1. The molecule has 2 aromatic carbocycles. The molecule has 1 aliphatic carbocycles. The maximum absolute atomic E-state index is 12.5. The Kier molecular flexibility index (Phi) is 6.23. The van der Waals surface area contributed by atoms with Gasteiger partial charge in [0.1, 0.15) is 0 Å². The van der Waals surface area contributed by atoms with Gasteiger partial charge in [-0.2, -0.15) is 0 Å². The van der Waals surface area contributed by atoms with E-state index in [2.05, 4.69) is 49.5 Å². The Morgan fingerprint density at radius 2 is 2.00 bits per heavy atom. The lowest BCUT2D eigenvalue weighted by atomic mass is 9.87. The van der Waals surface area contributed by atoms with Crippen molar-refractivity contribution in [2.75, 3.05) is 39.1 Å². The van der Waals surface area contributed by atoms with Crippen molar-refractivity contribution in [1.29, 1.82) is 0 Å². The summed E-state index contributed by atoms with van der Waals surface area (Å²) < 4.78 is 2.36. The lowest BCUT2D eigenvalue weighted by Crippen LogP contribution is -2.30. The van der Waals surface area contributed by atoms with Gasteiger partial charge >= 0.3 is 0 Å². The Bertz CT molecular complexity index is 1370. The summed E-state index contributed by atoms with van der Waals surface area (Å²) in [4.78, 5) is 29.2. The van der Waals surface area contributed by atoms with E-state index in [4.69, 9.17) is 10.7 Å². The minimum Gasteiger partial charge on any atom is -0.373 e. The van der Waals surface area contributed by atoms with E-state index in [0.29, 0.717) is 17.1 Å². The van der Waals surface area contributed by atoms with Crippen molar-refractivity contribution in [1.82, 2.24) is 24.4 Å². The van der Waals surface area contributed by atoms with Gasteiger partial charge in [0, 0.05) is 31.7 Å². The molecule has 0 saturated heterocycles. The minimum absolute atomic E-state index is 0.464. The van der Waals surface area contributed by atoms with E-state index in [1.165, 1.54) is 31.2 Å². The van der Waals surface area contributed by atoms with Crippen molar-refractivity contribution in [3.05, 3.63) is 42.5 Å². The number of primary amides is 1. The molecule has 1 saturated carbocycles. The Morgan fingerprint density at radius 1 is 1.17 bits per heavy atom. The second kappa shape index (κ2) is 9.34. The molecule has 1 amide bonds. The first-order valence-corrected chi connectivity index (χ1v) is 12.5. The average Bonchev–Trinajstić information content (AvgIpc) is 3.48. The lowest BCUT2D eigenvalue weighted by Gasteiger charge is -2.28. The van der Waals surface area contributed by atoms with Crippen LogP contribution in [0.1, 0.15) is 49.0 Å². The highest BCUT2D eigenvalue weighted by Crippen LogP contribution is 2.38. The first-order chi connectivity index (χ1) is 16.8. The zero-order valence-corrected chi connectivity index (χ0v) is 21.1. The molecule has 0 radical (unpaired) electrons. The molecular weight excluding hydrogens is 438 g/mol. The number of nitrogens with two attached hydrogens (primary N) is 1. The molecule has 2 heterocycles. The largest absolute Gasteiger partial charge is 0.373 e. The molecular formula is C27H35N7O. The Hall–Kier alpha value is -3.39. The summed E-state index contributed by atoms with van der Waals surface area (Å²) in [6, 6.07) is 9.01. The second-order valence-electron chi connectivity index (χ2n) is 10.3. The normalized spacial score (nSPS) is 18.5. The third-order valence-electron chi connectivity index (χ3n) is 7.41. The monoisotopic (exact) mass is 473 g/mol. The predicted octanol–water partition coefficient (Wildman–Crippen LogP) is 4.43. The summed E-state index contributed by atoms with van der Waals surface area (Å²) in [5.74, 6) is 0.290. The molecule has 0 unspecified atom stereocenters. The summed E-state index contributed by atoms with van der Waals surface area (Å²) in [5.41, 5.74) is 12.7. The molecule has 8 heteroatoms. The van der Waals surface area contributed by atoms with Crippen LogP contribution in [0.4, 0.5) is 5.69 Å². The fraction of sp³-hybridized carbons (Fsp3) is 0.444.